The third-order valence-corrected chi connectivity index (χ3v) is 3.90. The van der Waals surface area contributed by atoms with Gasteiger partial charge in [-0.05, 0) is 41.8 Å². The average Bonchev–Trinajstić information content (AvgIpc) is 2.62. The number of carboxylic acid groups (broad SMARTS) is 1. The zero-order valence-corrected chi connectivity index (χ0v) is 14.6. The summed E-state index contributed by atoms with van der Waals surface area (Å²) in [5, 5.41) is 6.89. The maximum Gasteiger partial charge on any atom is 0.387 e. The van der Waals surface area contributed by atoms with Crippen LogP contribution in [0.25, 0.3) is 11.1 Å². The molecule has 1 atom stereocenters. The van der Waals surface area contributed by atoms with Crippen molar-refractivity contribution in [3.63, 3.8) is 0 Å². The highest BCUT2D eigenvalue weighted by molar-refractivity contribution is 5.82. The fourth-order valence-electron chi connectivity index (χ4n) is 2.77. The van der Waals surface area contributed by atoms with Crippen LogP contribution in [-0.2, 0) is 15.1 Å². The Hall–Kier alpha value is -3.00. The second-order valence-corrected chi connectivity index (χ2v) is 5.96. The van der Waals surface area contributed by atoms with E-state index in [1.54, 1.807) is 12.1 Å². The molecule has 0 aromatic heterocycles. The van der Waals surface area contributed by atoms with E-state index in [0.717, 1.165) is 16.7 Å². The summed E-state index contributed by atoms with van der Waals surface area (Å²) >= 11 is 0. The maximum atomic E-state index is 12.4. The standard InChI is InChI=1S/C18H18F2N2O2.CH2O2/c1-18(11-23-10-16(21)22-18)14-6-2-4-12(8-14)13-5-3-7-15(9-13)24-17(19)20;2-1-3/h2-9,17H,10-11H2,1H3,(H2,21,22);1H,(H,2,3). The normalized spacial score (nSPS) is 18.9. The number of aliphatic imine (C=N–C) groups is 1. The minimum atomic E-state index is -2.85. The number of alkyl halides is 2. The Morgan fingerprint density at radius 1 is 1.26 bits per heavy atom. The lowest BCUT2D eigenvalue weighted by Gasteiger charge is -2.30. The van der Waals surface area contributed by atoms with Crippen molar-refractivity contribution >= 4 is 12.3 Å². The highest BCUT2D eigenvalue weighted by Gasteiger charge is 2.30. The van der Waals surface area contributed by atoms with Crippen LogP contribution in [0, 0.1) is 0 Å². The number of hydrogen-bond acceptors (Lipinski definition) is 5. The first-order valence-electron chi connectivity index (χ1n) is 8.03. The molecule has 144 valence electrons. The summed E-state index contributed by atoms with van der Waals surface area (Å²) in [7, 11) is 0. The summed E-state index contributed by atoms with van der Waals surface area (Å²) in [5.74, 6) is 0.587. The lowest BCUT2D eigenvalue weighted by Crippen LogP contribution is -2.37. The van der Waals surface area contributed by atoms with E-state index in [4.69, 9.17) is 20.4 Å². The quantitative estimate of drug-likeness (QED) is 0.797. The first-order valence-corrected chi connectivity index (χ1v) is 8.03. The van der Waals surface area contributed by atoms with E-state index >= 15 is 0 Å². The van der Waals surface area contributed by atoms with Gasteiger partial charge in [-0.15, -0.1) is 0 Å². The van der Waals surface area contributed by atoms with Crippen LogP contribution >= 0.6 is 0 Å². The van der Waals surface area contributed by atoms with Crippen molar-refractivity contribution in [2.24, 2.45) is 10.7 Å². The Morgan fingerprint density at radius 3 is 2.52 bits per heavy atom. The van der Waals surface area contributed by atoms with E-state index in [2.05, 4.69) is 9.73 Å². The predicted octanol–water partition coefficient (Wildman–Crippen LogP) is 3.26. The second-order valence-electron chi connectivity index (χ2n) is 5.96. The molecule has 0 saturated heterocycles. The van der Waals surface area contributed by atoms with Crippen molar-refractivity contribution in [1.82, 2.24) is 0 Å². The average molecular weight is 378 g/mol. The largest absolute Gasteiger partial charge is 0.483 e. The number of amidine groups is 1. The molecule has 1 aliphatic rings. The van der Waals surface area contributed by atoms with E-state index in [1.807, 2.05) is 37.3 Å². The molecule has 0 saturated carbocycles. The Kier molecular flexibility index (Phi) is 6.84. The molecule has 0 amide bonds. The molecule has 0 bridgehead atoms. The topological polar surface area (TPSA) is 94.1 Å². The summed E-state index contributed by atoms with van der Waals surface area (Å²) < 4.78 is 34.7. The summed E-state index contributed by atoms with van der Waals surface area (Å²) in [6, 6.07) is 14.3. The highest BCUT2D eigenvalue weighted by atomic mass is 19.3. The Morgan fingerprint density at radius 2 is 1.89 bits per heavy atom. The van der Waals surface area contributed by atoms with Gasteiger partial charge in [-0.3, -0.25) is 9.79 Å². The molecule has 0 radical (unpaired) electrons. The molecule has 3 rings (SSSR count). The minimum Gasteiger partial charge on any atom is -0.483 e. The Labute approximate surface area is 155 Å². The van der Waals surface area contributed by atoms with Gasteiger partial charge in [0.2, 0.25) is 0 Å². The van der Waals surface area contributed by atoms with Gasteiger partial charge in [0.25, 0.3) is 6.47 Å². The number of ether oxygens (including phenoxy) is 2. The lowest BCUT2D eigenvalue weighted by molar-refractivity contribution is -0.122. The summed E-state index contributed by atoms with van der Waals surface area (Å²) in [4.78, 5) is 12.9. The Bertz CT molecular complexity index is 814. The van der Waals surface area contributed by atoms with Gasteiger partial charge in [0.1, 0.15) is 23.7 Å². The molecule has 6 nitrogen and oxygen atoms in total. The van der Waals surface area contributed by atoms with Crippen LogP contribution in [0.1, 0.15) is 12.5 Å². The summed E-state index contributed by atoms with van der Waals surface area (Å²) in [5.41, 5.74) is 7.85. The van der Waals surface area contributed by atoms with E-state index in [-0.39, 0.29) is 12.2 Å². The number of hydrogen-bond donors (Lipinski definition) is 2. The molecule has 3 N–H and O–H groups in total. The molecular weight excluding hydrogens is 358 g/mol. The van der Waals surface area contributed by atoms with Crippen LogP contribution in [0.4, 0.5) is 8.78 Å². The van der Waals surface area contributed by atoms with Crippen molar-refractivity contribution < 1.29 is 28.2 Å². The fourth-order valence-corrected chi connectivity index (χ4v) is 2.77. The lowest BCUT2D eigenvalue weighted by atomic mass is 9.90. The molecule has 27 heavy (non-hydrogen) atoms. The van der Waals surface area contributed by atoms with Gasteiger partial charge >= 0.3 is 6.61 Å². The molecule has 1 aliphatic heterocycles. The predicted molar refractivity (Wildman–Crippen MR) is 97.0 cm³/mol. The molecule has 0 aliphatic carbocycles. The first kappa shape index (κ1) is 20.3. The molecule has 2 aromatic rings. The van der Waals surface area contributed by atoms with Crippen LogP contribution < -0.4 is 10.5 Å². The monoisotopic (exact) mass is 378 g/mol. The molecular formula is C19H20F2N2O4. The van der Waals surface area contributed by atoms with E-state index in [9.17, 15) is 8.78 Å². The minimum absolute atomic E-state index is 0.127. The van der Waals surface area contributed by atoms with Crippen LogP contribution in [0.15, 0.2) is 53.5 Å². The van der Waals surface area contributed by atoms with Gasteiger partial charge < -0.3 is 20.3 Å². The zero-order chi connectivity index (χ0) is 19.9. The second kappa shape index (κ2) is 9.09. The highest BCUT2D eigenvalue weighted by Crippen LogP contribution is 2.32. The number of rotatable bonds is 4. The Balaban J connectivity index is 0.000000817. The van der Waals surface area contributed by atoms with Crippen molar-refractivity contribution in [3.8, 4) is 16.9 Å². The fraction of sp³-hybridized carbons (Fsp3) is 0.263. The van der Waals surface area contributed by atoms with Crippen molar-refractivity contribution in [2.75, 3.05) is 13.2 Å². The number of nitrogens with two attached hydrogens (primary N) is 1. The third-order valence-electron chi connectivity index (χ3n) is 3.90. The van der Waals surface area contributed by atoms with Crippen molar-refractivity contribution in [2.45, 2.75) is 19.1 Å². The van der Waals surface area contributed by atoms with Crippen molar-refractivity contribution in [3.05, 3.63) is 54.1 Å². The SMILES string of the molecule is CC1(c2cccc(-c3cccc(OC(F)F)c3)c2)COCC(N)=N1.O=CO. The van der Waals surface area contributed by atoms with Crippen LogP contribution in [-0.4, -0.2) is 37.2 Å². The van der Waals surface area contributed by atoms with Gasteiger partial charge in [0.15, 0.2) is 0 Å². The summed E-state index contributed by atoms with van der Waals surface area (Å²) in [6.45, 7) is -0.371. The first-order chi connectivity index (χ1) is 12.9. The van der Waals surface area contributed by atoms with Crippen LogP contribution in [0.3, 0.4) is 0 Å². The summed E-state index contributed by atoms with van der Waals surface area (Å²) in [6.07, 6.45) is 0. The maximum absolute atomic E-state index is 12.4. The number of nitrogens with zero attached hydrogens (tertiary/aromatic N) is 1. The van der Waals surface area contributed by atoms with E-state index in [1.165, 1.54) is 6.07 Å². The van der Waals surface area contributed by atoms with Crippen LogP contribution in [0.2, 0.25) is 0 Å². The molecule has 2 aromatic carbocycles. The van der Waals surface area contributed by atoms with Gasteiger partial charge in [-0.1, -0.05) is 30.3 Å². The molecule has 8 heteroatoms. The van der Waals surface area contributed by atoms with Gasteiger partial charge in [0, 0.05) is 0 Å². The molecule has 0 fully saturated rings. The van der Waals surface area contributed by atoms with Crippen molar-refractivity contribution in [1.29, 1.82) is 0 Å². The smallest absolute Gasteiger partial charge is 0.387 e. The van der Waals surface area contributed by atoms with E-state index < -0.39 is 12.2 Å². The number of benzene rings is 2. The van der Waals surface area contributed by atoms with E-state index in [0.29, 0.717) is 19.0 Å². The van der Waals surface area contributed by atoms with Gasteiger partial charge in [0.05, 0.1) is 6.61 Å². The van der Waals surface area contributed by atoms with Gasteiger partial charge in [-0.2, -0.15) is 8.78 Å². The number of carbonyl (C=O) groups is 1. The molecule has 1 heterocycles. The molecule has 1 unspecified atom stereocenters. The van der Waals surface area contributed by atoms with Gasteiger partial charge in [-0.25, -0.2) is 0 Å². The third kappa shape index (κ3) is 5.49. The zero-order valence-electron chi connectivity index (χ0n) is 14.6. The number of halogens is 2. The molecule has 0 spiro atoms. The van der Waals surface area contributed by atoms with Crippen LogP contribution in [0.5, 0.6) is 5.75 Å².